The first-order valence-corrected chi connectivity index (χ1v) is 3.79. The Labute approximate surface area is 75.5 Å². The van der Waals surface area contributed by atoms with E-state index < -0.39 is 6.16 Å². The van der Waals surface area contributed by atoms with Crippen LogP contribution >= 0.6 is 12.2 Å². The molecule has 0 saturated carbocycles. The zero-order chi connectivity index (χ0) is 9.40. The van der Waals surface area contributed by atoms with Crippen LogP contribution in [-0.2, 0) is 19.2 Å². The van der Waals surface area contributed by atoms with Gasteiger partial charge in [-0.3, -0.25) is 0 Å². The summed E-state index contributed by atoms with van der Waals surface area (Å²) < 4.78 is 9.02. The Morgan fingerprint density at radius 1 is 1.17 bits per heavy atom. The second-order valence-electron chi connectivity index (χ2n) is 1.53. The lowest BCUT2D eigenvalue weighted by Gasteiger charge is -2.03. The standard InChI is InChI=1S/C6H10O5S/c1-3-8-5(7)10-11-6(12)9-4-2/h3-4H2,1-2H3. The molecule has 0 saturated heterocycles. The molecule has 5 nitrogen and oxygen atoms in total. The SMILES string of the molecule is CCOC(=O)OOC(=S)OCC. The molecule has 0 N–H and O–H groups in total. The van der Waals surface area contributed by atoms with E-state index in [4.69, 9.17) is 0 Å². The van der Waals surface area contributed by atoms with Gasteiger partial charge in [-0.15, -0.1) is 0 Å². The fraction of sp³-hybridized carbons (Fsp3) is 0.667. The number of thiocarbonyl (C=S) groups is 1. The fourth-order valence-electron chi connectivity index (χ4n) is 0.352. The lowest BCUT2D eigenvalue weighted by Crippen LogP contribution is -2.13. The summed E-state index contributed by atoms with van der Waals surface area (Å²) in [6.07, 6.45) is -0.945. The van der Waals surface area contributed by atoms with E-state index in [0.29, 0.717) is 6.61 Å². The van der Waals surface area contributed by atoms with Crippen LogP contribution in [-0.4, -0.2) is 24.6 Å². The topological polar surface area (TPSA) is 54.0 Å². The van der Waals surface area contributed by atoms with Crippen LogP contribution in [0.4, 0.5) is 4.79 Å². The van der Waals surface area contributed by atoms with Crippen LogP contribution < -0.4 is 0 Å². The van der Waals surface area contributed by atoms with Gasteiger partial charge in [0.2, 0.25) is 0 Å². The maximum absolute atomic E-state index is 10.5. The number of hydrogen-bond acceptors (Lipinski definition) is 6. The molecule has 0 aliphatic carbocycles. The Morgan fingerprint density at radius 2 is 1.75 bits per heavy atom. The van der Waals surface area contributed by atoms with Gasteiger partial charge in [0, 0.05) is 12.2 Å². The Bertz CT molecular complexity index is 140. The highest BCUT2D eigenvalue weighted by Crippen LogP contribution is 1.90. The third-order valence-electron chi connectivity index (χ3n) is 0.702. The molecule has 0 heterocycles. The van der Waals surface area contributed by atoms with Gasteiger partial charge in [-0.2, -0.15) is 4.79 Å². The molecule has 0 amide bonds. The average Bonchev–Trinajstić information content (AvgIpc) is 2.02. The van der Waals surface area contributed by atoms with Crippen molar-refractivity contribution in [2.75, 3.05) is 13.2 Å². The quantitative estimate of drug-likeness (QED) is 0.287. The van der Waals surface area contributed by atoms with Crippen LogP contribution in [0.3, 0.4) is 0 Å². The Morgan fingerprint density at radius 3 is 2.25 bits per heavy atom. The number of carbonyl (C=O) groups excluding carboxylic acids is 1. The lowest BCUT2D eigenvalue weighted by molar-refractivity contribution is -0.194. The maximum Gasteiger partial charge on any atom is 0.549 e. The van der Waals surface area contributed by atoms with Crippen molar-refractivity contribution in [2.24, 2.45) is 0 Å². The van der Waals surface area contributed by atoms with Crippen molar-refractivity contribution < 1.29 is 24.0 Å². The van der Waals surface area contributed by atoms with E-state index >= 15 is 0 Å². The van der Waals surface area contributed by atoms with Crippen molar-refractivity contribution in [3.8, 4) is 0 Å². The molecule has 70 valence electrons. The van der Waals surface area contributed by atoms with Crippen molar-refractivity contribution in [3.05, 3.63) is 0 Å². The predicted octanol–water partition coefficient (Wildman–Crippen LogP) is 1.41. The highest BCUT2D eigenvalue weighted by molar-refractivity contribution is 7.79. The molecule has 0 unspecified atom stereocenters. The van der Waals surface area contributed by atoms with E-state index in [1.807, 2.05) is 0 Å². The van der Waals surface area contributed by atoms with Gasteiger partial charge in [0.05, 0.1) is 13.2 Å². The molecule has 0 atom stereocenters. The first-order chi connectivity index (χ1) is 5.70. The van der Waals surface area contributed by atoms with E-state index in [-0.39, 0.29) is 11.8 Å². The monoisotopic (exact) mass is 194 g/mol. The lowest BCUT2D eigenvalue weighted by atomic mass is 10.9. The van der Waals surface area contributed by atoms with Crippen LogP contribution in [0.1, 0.15) is 13.8 Å². The summed E-state index contributed by atoms with van der Waals surface area (Å²) in [5.74, 6) is 0. The first kappa shape index (κ1) is 11.0. The average molecular weight is 194 g/mol. The zero-order valence-corrected chi connectivity index (χ0v) is 7.68. The maximum atomic E-state index is 10.5. The van der Waals surface area contributed by atoms with E-state index in [1.54, 1.807) is 13.8 Å². The van der Waals surface area contributed by atoms with Crippen molar-refractivity contribution in [2.45, 2.75) is 13.8 Å². The van der Waals surface area contributed by atoms with Gasteiger partial charge in [-0.1, -0.05) is 0 Å². The minimum atomic E-state index is -0.945. The third-order valence-corrected chi connectivity index (χ3v) is 0.888. The summed E-state index contributed by atoms with van der Waals surface area (Å²) in [6, 6.07) is 0. The van der Waals surface area contributed by atoms with Crippen LogP contribution in [0.15, 0.2) is 0 Å². The highest BCUT2D eigenvalue weighted by atomic mass is 32.1. The molecule has 0 aromatic rings. The number of ether oxygens (including phenoxy) is 2. The molecule has 6 heteroatoms. The summed E-state index contributed by atoms with van der Waals surface area (Å²) in [7, 11) is 0. The molecule has 12 heavy (non-hydrogen) atoms. The zero-order valence-electron chi connectivity index (χ0n) is 6.86. The van der Waals surface area contributed by atoms with Crippen LogP contribution in [0, 0.1) is 0 Å². The van der Waals surface area contributed by atoms with Gasteiger partial charge < -0.3 is 9.47 Å². The first-order valence-electron chi connectivity index (χ1n) is 3.38. The second-order valence-corrected chi connectivity index (χ2v) is 1.87. The van der Waals surface area contributed by atoms with Gasteiger partial charge in [-0.25, -0.2) is 9.78 Å². The molecule has 0 rings (SSSR count). The largest absolute Gasteiger partial charge is 0.549 e. The van der Waals surface area contributed by atoms with Crippen LogP contribution in [0.25, 0.3) is 0 Å². The normalized spacial score (nSPS) is 8.50. The summed E-state index contributed by atoms with van der Waals surface area (Å²) in [5, 5.41) is -0.245. The number of rotatable bonds is 2. The summed E-state index contributed by atoms with van der Waals surface area (Å²) in [4.78, 5) is 18.8. The van der Waals surface area contributed by atoms with Crippen molar-refractivity contribution >= 4 is 23.6 Å². The van der Waals surface area contributed by atoms with Crippen molar-refractivity contribution in [1.82, 2.24) is 0 Å². The Hall–Kier alpha value is -1.04. The molecule has 0 spiro atoms. The van der Waals surface area contributed by atoms with Crippen LogP contribution in [0.2, 0.25) is 0 Å². The molecule has 0 aliphatic heterocycles. The highest BCUT2D eigenvalue weighted by Gasteiger charge is 2.06. The van der Waals surface area contributed by atoms with E-state index in [0.717, 1.165) is 0 Å². The fourth-order valence-corrected chi connectivity index (χ4v) is 0.504. The van der Waals surface area contributed by atoms with Gasteiger partial charge in [-0.05, 0) is 13.8 Å². The van der Waals surface area contributed by atoms with Crippen LogP contribution in [0.5, 0.6) is 0 Å². The Kier molecular flexibility index (Phi) is 6.08. The van der Waals surface area contributed by atoms with Gasteiger partial charge >= 0.3 is 11.4 Å². The minimum absolute atomic E-state index is 0.212. The van der Waals surface area contributed by atoms with E-state index in [9.17, 15) is 4.79 Å². The number of hydrogen-bond donors (Lipinski definition) is 0. The van der Waals surface area contributed by atoms with E-state index in [2.05, 4.69) is 31.5 Å². The van der Waals surface area contributed by atoms with Gasteiger partial charge in [0.1, 0.15) is 0 Å². The molecular weight excluding hydrogens is 184 g/mol. The molecular formula is C6H10O5S. The molecule has 0 aromatic carbocycles. The van der Waals surface area contributed by atoms with Gasteiger partial charge in [0.25, 0.3) is 0 Å². The Balaban J connectivity index is 3.40. The molecule has 0 bridgehead atoms. The molecule has 0 radical (unpaired) electrons. The van der Waals surface area contributed by atoms with Gasteiger partial charge in [0.15, 0.2) is 0 Å². The predicted molar refractivity (Wildman–Crippen MR) is 43.4 cm³/mol. The van der Waals surface area contributed by atoms with Crippen molar-refractivity contribution in [3.63, 3.8) is 0 Å². The van der Waals surface area contributed by atoms with Crippen molar-refractivity contribution in [1.29, 1.82) is 0 Å². The minimum Gasteiger partial charge on any atom is -0.454 e. The second kappa shape index (κ2) is 6.66. The molecule has 0 aromatic heterocycles. The third kappa shape index (κ3) is 5.72. The summed E-state index contributed by atoms with van der Waals surface area (Å²) in [5.41, 5.74) is 0. The summed E-state index contributed by atoms with van der Waals surface area (Å²) >= 11 is 4.48. The smallest absolute Gasteiger partial charge is 0.454 e. The van der Waals surface area contributed by atoms with E-state index in [1.165, 1.54) is 0 Å². The number of carbonyl (C=O) groups is 1. The molecule has 0 fully saturated rings. The molecule has 0 aliphatic rings. The summed E-state index contributed by atoms with van der Waals surface area (Å²) in [6.45, 7) is 3.93.